The molecule has 0 saturated heterocycles. The van der Waals surface area contributed by atoms with Crippen molar-refractivity contribution in [3.63, 3.8) is 0 Å². The number of para-hydroxylation sites is 1. The lowest BCUT2D eigenvalue weighted by Gasteiger charge is -2.14. The van der Waals surface area contributed by atoms with Gasteiger partial charge in [-0.3, -0.25) is 9.59 Å². The lowest BCUT2D eigenvalue weighted by Crippen LogP contribution is -2.26. The number of carbonyl (C=O) groups is 2. The van der Waals surface area contributed by atoms with Crippen LogP contribution >= 0.6 is 0 Å². The minimum absolute atomic E-state index is 0.0425. The summed E-state index contributed by atoms with van der Waals surface area (Å²) in [5.41, 5.74) is 4.77. The molecular weight excluding hydrogens is 300 g/mol. The maximum atomic E-state index is 12.8. The molecule has 1 heterocycles. The molecule has 0 aromatic heterocycles. The average Bonchev–Trinajstić information content (AvgIpc) is 2.88. The Hall–Kier alpha value is -2.62. The highest BCUT2D eigenvalue weighted by Crippen LogP contribution is 2.28. The molecular formula is C20H22N2O2. The highest BCUT2D eigenvalue weighted by molar-refractivity contribution is 6.14. The molecule has 124 valence electrons. The largest absolute Gasteiger partial charge is 0.334 e. The van der Waals surface area contributed by atoms with Crippen LogP contribution in [0.2, 0.25) is 0 Å². The summed E-state index contributed by atoms with van der Waals surface area (Å²) < 4.78 is 0. The first kappa shape index (κ1) is 16.2. The van der Waals surface area contributed by atoms with E-state index in [1.165, 1.54) is 0 Å². The van der Waals surface area contributed by atoms with E-state index < -0.39 is 0 Å². The number of hydrogen-bond donors (Lipinski definition) is 1. The Labute approximate surface area is 142 Å². The van der Waals surface area contributed by atoms with Crippen molar-refractivity contribution in [2.24, 2.45) is 0 Å². The molecule has 0 spiro atoms. The van der Waals surface area contributed by atoms with Crippen LogP contribution in [0.25, 0.3) is 0 Å². The molecule has 2 amide bonds. The van der Waals surface area contributed by atoms with Crippen LogP contribution in [0.4, 0.5) is 5.69 Å². The number of benzene rings is 2. The van der Waals surface area contributed by atoms with E-state index in [0.29, 0.717) is 24.2 Å². The third kappa shape index (κ3) is 2.80. The Kier molecular flexibility index (Phi) is 4.38. The monoisotopic (exact) mass is 322 g/mol. The topological polar surface area (TPSA) is 49.4 Å². The molecule has 4 nitrogen and oxygen atoms in total. The molecule has 0 fully saturated rings. The van der Waals surface area contributed by atoms with Gasteiger partial charge in [0.05, 0.1) is 11.1 Å². The summed E-state index contributed by atoms with van der Waals surface area (Å²) in [5.74, 6) is -0.268. The van der Waals surface area contributed by atoms with Crippen molar-refractivity contribution in [1.82, 2.24) is 4.90 Å². The zero-order chi connectivity index (χ0) is 17.3. The SMILES string of the molecule is CCCN1Cc2cccc(C(=O)Nc3c(C)cccc3C)c2C1=O. The minimum atomic E-state index is -0.226. The van der Waals surface area contributed by atoms with Crippen LogP contribution in [0, 0.1) is 13.8 Å². The molecule has 4 heteroatoms. The molecule has 1 aliphatic rings. The number of amides is 2. The van der Waals surface area contributed by atoms with E-state index in [1.807, 2.05) is 51.1 Å². The van der Waals surface area contributed by atoms with Crippen molar-refractivity contribution in [3.05, 3.63) is 64.2 Å². The number of carbonyl (C=O) groups excluding carboxylic acids is 2. The predicted octanol–water partition coefficient (Wildman–Crippen LogP) is 3.92. The maximum absolute atomic E-state index is 12.8. The summed E-state index contributed by atoms with van der Waals surface area (Å²) in [6.07, 6.45) is 0.906. The highest BCUT2D eigenvalue weighted by atomic mass is 16.2. The number of aryl methyl sites for hydroxylation is 2. The number of anilines is 1. The van der Waals surface area contributed by atoms with Gasteiger partial charge in [0.2, 0.25) is 0 Å². The third-order valence-electron chi connectivity index (χ3n) is 4.47. The van der Waals surface area contributed by atoms with Gasteiger partial charge in [-0.2, -0.15) is 0 Å². The van der Waals surface area contributed by atoms with Crippen molar-refractivity contribution in [1.29, 1.82) is 0 Å². The fourth-order valence-electron chi connectivity index (χ4n) is 3.25. The molecule has 0 aliphatic carbocycles. The average molecular weight is 322 g/mol. The van der Waals surface area contributed by atoms with Crippen molar-refractivity contribution < 1.29 is 9.59 Å². The summed E-state index contributed by atoms with van der Waals surface area (Å²) in [6, 6.07) is 11.4. The Balaban J connectivity index is 1.94. The Morgan fingerprint density at radius 2 is 1.79 bits per heavy atom. The number of hydrogen-bond acceptors (Lipinski definition) is 2. The lowest BCUT2D eigenvalue weighted by molar-refractivity contribution is 0.0774. The van der Waals surface area contributed by atoms with E-state index in [4.69, 9.17) is 0 Å². The summed E-state index contributed by atoms with van der Waals surface area (Å²) in [4.78, 5) is 27.3. The molecule has 0 unspecified atom stereocenters. The van der Waals surface area contributed by atoms with Crippen molar-refractivity contribution in [3.8, 4) is 0 Å². The Bertz CT molecular complexity index is 791. The van der Waals surface area contributed by atoms with Crippen molar-refractivity contribution in [2.75, 3.05) is 11.9 Å². The minimum Gasteiger partial charge on any atom is -0.334 e. The van der Waals surface area contributed by atoms with Crippen LogP contribution < -0.4 is 5.32 Å². The molecule has 0 bridgehead atoms. The van der Waals surface area contributed by atoms with E-state index in [-0.39, 0.29) is 11.8 Å². The van der Waals surface area contributed by atoms with E-state index in [9.17, 15) is 9.59 Å². The standard InChI is InChI=1S/C20H22N2O2/c1-4-11-22-12-15-9-6-10-16(17(15)20(22)24)19(23)21-18-13(2)7-5-8-14(18)3/h5-10H,4,11-12H2,1-3H3,(H,21,23). The first-order valence-corrected chi connectivity index (χ1v) is 8.31. The quantitative estimate of drug-likeness (QED) is 0.927. The van der Waals surface area contributed by atoms with Gasteiger partial charge in [0, 0.05) is 18.8 Å². The fraction of sp³-hybridized carbons (Fsp3) is 0.300. The van der Waals surface area contributed by atoms with Gasteiger partial charge in [-0.15, -0.1) is 0 Å². The van der Waals surface area contributed by atoms with E-state index in [1.54, 1.807) is 11.0 Å². The maximum Gasteiger partial charge on any atom is 0.256 e. The number of nitrogens with one attached hydrogen (secondary N) is 1. The zero-order valence-electron chi connectivity index (χ0n) is 14.3. The van der Waals surface area contributed by atoms with Gasteiger partial charge in [-0.25, -0.2) is 0 Å². The van der Waals surface area contributed by atoms with Crippen LogP contribution in [0.1, 0.15) is 50.8 Å². The fourth-order valence-corrected chi connectivity index (χ4v) is 3.25. The van der Waals surface area contributed by atoms with Gasteiger partial charge in [0.25, 0.3) is 11.8 Å². The molecule has 0 atom stereocenters. The molecule has 3 rings (SSSR count). The number of rotatable bonds is 4. The van der Waals surface area contributed by atoms with Gasteiger partial charge in [0.1, 0.15) is 0 Å². The summed E-state index contributed by atoms with van der Waals surface area (Å²) in [7, 11) is 0. The van der Waals surface area contributed by atoms with Crippen LogP contribution in [0.5, 0.6) is 0 Å². The van der Waals surface area contributed by atoms with Gasteiger partial charge in [0.15, 0.2) is 0 Å². The summed E-state index contributed by atoms with van der Waals surface area (Å²) in [5, 5.41) is 2.98. The van der Waals surface area contributed by atoms with Gasteiger partial charge >= 0.3 is 0 Å². The van der Waals surface area contributed by atoms with Crippen LogP contribution in [-0.4, -0.2) is 23.3 Å². The van der Waals surface area contributed by atoms with Gasteiger partial charge in [-0.1, -0.05) is 37.3 Å². The second kappa shape index (κ2) is 6.48. The Morgan fingerprint density at radius 3 is 2.46 bits per heavy atom. The molecule has 0 saturated carbocycles. The summed E-state index contributed by atoms with van der Waals surface area (Å²) in [6.45, 7) is 7.28. The molecule has 1 aliphatic heterocycles. The molecule has 1 N–H and O–H groups in total. The van der Waals surface area contributed by atoms with E-state index in [2.05, 4.69) is 5.32 Å². The van der Waals surface area contributed by atoms with E-state index >= 15 is 0 Å². The highest BCUT2D eigenvalue weighted by Gasteiger charge is 2.31. The van der Waals surface area contributed by atoms with Gasteiger partial charge < -0.3 is 10.2 Å². The second-order valence-corrected chi connectivity index (χ2v) is 6.29. The first-order valence-electron chi connectivity index (χ1n) is 8.31. The predicted molar refractivity (Wildman–Crippen MR) is 95.3 cm³/mol. The first-order chi connectivity index (χ1) is 11.5. The third-order valence-corrected chi connectivity index (χ3v) is 4.47. The van der Waals surface area contributed by atoms with Gasteiger partial charge in [-0.05, 0) is 43.0 Å². The Morgan fingerprint density at radius 1 is 1.12 bits per heavy atom. The smallest absolute Gasteiger partial charge is 0.256 e. The van der Waals surface area contributed by atoms with Crippen LogP contribution in [0.3, 0.4) is 0 Å². The molecule has 2 aromatic rings. The zero-order valence-corrected chi connectivity index (χ0v) is 14.3. The lowest BCUT2D eigenvalue weighted by atomic mass is 10.0. The normalized spacial score (nSPS) is 13.1. The number of fused-ring (bicyclic) bond motifs is 1. The van der Waals surface area contributed by atoms with E-state index in [0.717, 1.165) is 28.8 Å². The van der Waals surface area contributed by atoms with Crippen molar-refractivity contribution in [2.45, 2.75) is 33.7 Å². The molecule has 24 heavy (non-hydrogen) atoms. The number of nitrogens with zero attached hydrogens (tertiary/aromatic N) is 1. The second-order valence-electron chi connectivity index (χ2n) is 6.29. The van der Waals surface area contributed by atoms with Crippen molar-refractivity contribution >= 4 is 17.5 Å². The summed E-state index contributed by atoms with van der Waals surface area (Å²) >= 11 is 0. The van der Waals surface area contributed by atoms with Crippen LogP contribution in [-0.2, 0) is 6.54 Å². The van der Waals surface area contributed by atoms with Crippen LogP contribution in [0.15, 0.2) is 36.4 Å². The molecule has 0 radical (unpaired) electrons. The molecule has 2 aromatic carbocycles.